The van der Waals surface area contributed by atoms with E-state index in [-0.39, 0.29) is 11.3 Å². The Hall–Kier alpha value is -4.23. The number of benzene rings is 3. The molecule has 0 spiro atoms. The number of carbonyl (C=O) groups is 2. The van der Waals surface area contributed by atoms with E-state index in [0.29, 0.717) is 38.7 Å². The molecule has 2 heterocycles. The summed E-state index contributed by atoms with van der Waals surface area (Å²) in [6, 6.07) is 19.7. The van der Waals surface area contributed by atoms with Gasteiger partial charge in [-0.1, -0.05) is 54.1 Å². The maximum atomic E-state index is 13.8. The lowest BCUT2D eigenvalue weighted by molar-refractivity contribution is -0.117. The monoisotopic (exact) mass is 489 g/mol. The molecule has 1 amide bonds. The Labute approximate surface area is 205 Å². The lowest BCUT2D eigenvalue weighted by Gasteiger charge is -2.28. The highest BCUT2D eigenvalue weighted by Crippen LogP contribution is 2.45. The third-order valence-corrected chi connectivity index (χ3v) is 6.12. The van der Waals surface area contributed by atoms with Crippen molar-refractivity contribution in [3.8, 4) is 11.5 Å². The zero-order valence-corrected chi connectivity index (χ0v) is 19.6. The maximum absolute atomic E-state index is 13.8. The molecule has 4 aromatic rings. The van der Waals surface area contributed by atoms with E-state index in [4.69, 9.17) is 25.5 Å². The molecule has 0 saturated carbocycles. The van der Waals surface area contributed by atoms with Crippen LogP contribution in [0.25, 0.3) is 11.0 Å². The molecule has 0 radical (unpaired) electrons. The Kier molecular flexibility index (Phi) is 5.70. The SMILES string of the molecule is COc1ccccc1N1C(=O)C(O)=C(C(=O)c2cc3cc(Cl)cc(OC)c3o2)C1c1ccccc1. The molecule has 8 heteroatoms. The maximum Gasteiger partial charge on any atom is 0.294 e. The smallest absolute Gasteiger partial charge is 0.294 e. The fourth-order valence-electron chi connectivity index (χ4n) is 4.35. The number of anilines is 1. The van der Waals surface area contributed by atoms with E-state index in [0.717, 1.165) is 0 Å². The van der Waals surface area contributed by atoms with Crippen molar-refractivity contribution in [1.82, 2.24) is 0 Å². The van der Waals surface area contributed by atoms with Gasteiger partial charge in [0.1, 0.15) is 5.75 Å². The first-order chi connectivity index (χ1) is 16.9. The molecule has 35 heavy (non-hydrogen) atoms. The minimum atomic E-state index is -0.911. The van der Waals surface area contributed by atoms with Crippen LogP contribution in [-0.2, 0) is 4.79 Å². The largest absolute Gasteiger partial charge is 0.503 e. The fraction of sp³-hybridized carbons (Fsp3) is 0.111. The number of Topliss-reactive ketones (excluding diaryl/α,β-unsaturated/α-hetero) is 1. The van der Waals surface area contributed by atoms with E-state index in [1.165, 1.54) is 25.2 Å². The lowest BCUT2D eigenvalue weighted by atomic mass is 9.94. The third kappa shape index (κ3) is 3.70. The molecule has 7 nitrogen and oxygen atoms in total. The molecule has 0 fully saturated rings. The van der Waals surface area contributed by atoms with Gasteiger partial charge in [-0.15, -0.1) is 0 Å². The van der Waals surface area contributed by atoms with Crippen LogP contribution in [-0.4, -0.2) is 31.0 Å². The second-order valence-electron chi connectivity index (χ2n) is 7.89. The number of halogens is 1. The van der Waals surface area contributed by atoms with Gasteiger partial charge < -0.3 is 19.0 Å². The van der Waals surface area contributed by atoms with Crippen LogP contribution in [0.2, 0.25) is 5.02 Å². The highest BCUT2D eigenvalue weighted by Gasteiger charge is 2.46. The summed E-state index contributed by atoms with van der Waals surface area (Å²) < 4.78 is 16.6. The van der Waals surface area contributed by atoms with E-state index in [1.54, 1.807) is 60.7 Å². The molecule has 176 valence electrons. The number of carbonyl (C=O) groups excluding carboxylic acids is 2. The lowest BCUT2D eigenvalue weighted by Crippen LogP contribution is -2.31. The van der Waals surface area contributed by atoms with E-state index in [9.17, 15) is 14.7 Å². The second-order valence-corrected chi connectivity index (χ2v) is 8.33. The van der Waals surface area contributed by atoms with Gasteiger partial charge in [-0.05, 0) is 29.8 Å². The van der Waals surface area contributed by atoms with Crippen molar-refractivity contribution in [2.24, 2.45) is 0 Å². The molecule has 0 aliphatic carbocycles. The third-order valence-electron chi connectivity index (χ3n) is 5.90. The topological polar surface area (TPSA) is 89.2 Å². The zero-order chi connectivity index (χ0) is 24.7. The molecule has 1 N–H and O–H groups in total. The molecule has 1 aliphatic heterocycles. The van der Waals surface area contributed by atoms with Crippen molar-refractivity contribution in [3.05, 3.63) is 100 Å². The van der Waals surface area contributed by atoms with Crippen molar-refractivity contribution in [3.63, 3.8) is 0 Å². The van der Waals surface area contributed by atoms with Crippen molar-refractivity contribution in [2.45, 2.75) is 6.04 Å². The van der Waals surface area contributed by atoms with Crippen molar-refractivity contribution >= 4 is 39.9 Å². The highest BCUT2D eigenvalue weighted by atomic mass is 35.5. The Morgan fingerprint density at radius 2 is 1.66 bits per heavy atom. The first-order valence-electron chi connectivity index (χ1n) is 10.7. The van der Waals surface area contributed by atoms with Gasteiger partial charge in [0.25, 0.3) is 5.91 Å². The molecule has 5 rings (SSSR count). The van der Waals surface area contributed by atoms with Crippen molar-refractivity contribution in [2.75, 3.05) is 19.1 Å². The minimum Gasteiger partial charge on any atom is -0.503 e. The Morgan fingerprint density at radius 1 is 0.971 bits per heavy atom. The summed E-state index contributed by atoms with van der Waals surface area (Å²) in [6.45, 7) is 0. The molecule has 1 atom stereocenters. The summed E-state index contributed by atoms with van der Waals surface area (Å²) in [7, 11) is 2.96. The number of para-hydroxylation sites is 2. The normalized spacial score (nSPS) is 15.7. The van der Waals surface area contributed by atoms with Crippen LogP contribution in [0.15, 0.2) is 88.5 Å². The Morgan fingerprint density at radius 3 is 2.37 bits per heavy atom. The zero-order valence-electron chi connectivity index (χ0n) is 18.8. The first kappa shape index (κ1) is 22.6. The van der Waals surface area contributed by atoms with Crippen LogP contribution in [0.4, 0.5) is 5.69 Å². The van der Waals surface area contributed by atoms with Crippen LogP contribution in [0, 0.1) is 0 Å². The van der Waals surface area contributed by atoms with Crippen molar-refractivity contribution in [1.29, 1.82) is 0 Å². The molecular formula is C27H20ClNO6. The Balaban J connectivity index is 1.68. The summed E-state index contributed by atoms with van der Waals surface area (Å²) in [5, 5.41) is 11.9. The van der Waals surface area contributed by atoms with Gasteiger partial charge in [-0.2, -0.15) is 0 Å². The average Bonchev–Trinajstić information content (AvgIpc) is 3.42. The van der Waals surface area contributed by atoms with Crippen molar-refractivity contribution < 1.29 is 28.6 Å². The molecule has 3 aromatic carbocycles. The van der Waals surface area contributed by atoms with Gasteiger partial charge in [-0.25, -0.2) is 0 Å². The number of methoxy groups -OCH3 is 2. The number of hydrogen-bond acceptors (Lipinski definition) is 6. The van der Waals surface area contributed by atoms with E-state index in [1.807, 2.05) is 6.07 Å². The van der Waals surface area contributed by atoms with Crippen LogP contribution >= 0.6 is 11.6 Å². The molecular weight excluding hydrogens is 470 g/mol. The first-order valence-corrected chi connectivity index (χ1v) is 11.1. The fourth-order valence-corrected chi connectivity index (χ4v) is 4.56. The molecule has 0 bridgehead atoms. The van der Waals surface area contributed by atoms with Gasteiger partial charge in [-0.3, -0.25) is 14.5 Å². The molecule has 1 aliphatic rings. The van der Waals surface area contributed by atoms with Gasteiger partial charge in [0.05, 0.1) is 31.5 Å². The number of aliphatic hydroxyl groups excluding tert-OH is 1. The predicted octanol–water partition coefficient (Wildman–Crippen LogP) is 5.89. The van der Waals surface area contributed by atoms with Crippen LogP contribution in [0.1, 0.15) is 22.2 Å². The van der Waals surface area contributed by atoms with Gasteiger partial charge in [0.15, 0.2) is 22.9 Å². The van der Waals surface area contributed by atoms with E-state index in [2.05, 4.69) is 0 Å². The summed E-state index contributed by atoms with van der Waals surface area (Å²) in [5.74, 6) is -1.27. The Bertz CT molecular complexity index is 1490. The van der Waals surface area contributed by atoms with Crippen LogP contribution < -0.4 is 14.4 Å². The number of hydrogen-bond donors (Lipinski definition) is 1. The molecule has 1 unspecified atom stereocenters. The minimum absolute atomic E-state index is 0.0577. The number of rotatable bonds is 6. The predicted molar refractivity (Wildman–Crippen MR) is 131 cm³/mol. The number of amides is 1. The molecule has 1 aromatic heterocycles. The van der Waals surface area contributed by atoms with Gasteiger partial charge >= 0.3 is 0 Å². The number of nitrogens with zero attached hydrogens (tertiary/aromatic N) is 1. The second kappa shape index (κ2) is 8.85. The summed E-state index contributed by atoms with van der Waals surface area (Å²) in [4.78, 5) is 28.5. The number of fused-ring (bicyclic) bond motifs is 1. The summed E-state index contributed by atoms with van der Waals surface area (Å²) >= 11 is 6.16. The number of ether oxygens (including phenoxy) is 2. The van der Waals surface area contributed by atoms with Crippen LogP contribution in [0.5, 0.6) is 11.5 Å². The van der Waals surface area contributed by atoms with Gasteiger partial charge in [0.2, 0.25) is 5.78 Å². The molecule has 0 saturated heterocycles. The quantitative estimate of drug-likeness (QED) is 0.340. The average molecular weight is 490 g/mol. The summed E-state index contributed by atoms with van der Waals surface area (Å²) in [6.07, 6.45) is 0. The number of furan rings is 1. The van der Waals surface area contributed by atoms with Crippen LogP contribution in [0.3, 0.4) is 0 Å². The highest BCUT2D eigenvalue weighted by molar-refractivity contribution is 6.31. The summed E-state index contributed by atoms with van der Waals surface area (Å²) in [5.41, 5.74) is 1.29. The van der Waals surface area contributed by atoms with E-state index >= 15 is 0 Å². The standard InChI is InChI=1S/C27H20ClNO6/c1-33-19-11-7-6-10-18(19)29-23(15-8-4-3-5-9-15)22(25(31)27(29)32)24(30)20-13-16-12-17(28)14-21(34-2)26(16)35-20/h3-14,23,31H,1-2H3. The number of ketones is 1. The number of aliphatic hydroxyl groups is 1. The van der Waals surface area contributed by atoms with Gasteiger partial charge in [0, 0.05) is 16.5 Å². The van der Waals surface area contributed by atoms with E-state index < -0.39 is 23.5 Å².